The fourth-order valence-corrected chi connectivity index (χ4v) is 4.73. The minimum atomic E-state index is -0.723. The Morgan fingerprint density at radius 1 is 1.00 bits per heavy atom. The Hall–Kier alpha value is -0.900. The minimum Gasteiger partial charge on any atom is -0.463 e. The summed E-state index contributed by atoms with van der Waals surface area (Å²) >= 11 is -0.240. The predicted molar refractivity (Wildman–Crippen MR) is 60.2 cm³/mol. The molecule has 8 heteroatoms. The van der Waals surface area contributed by atoms with Crippen LogP contribution in [-0.4, -0.2) is 50.9 Å². The second-order valence-corrected chi connectivity index (χ2v) is 7.93. The molecule has 112 valence electrons. The molecule has 0 spiro atoms. The molecular formula is C12H16IO7+. The highest BCUT2D eigenvalue weighted by molar-refractivity contribution is 5.67. The fourth-order valence-electron chi connectivity index (χ4n) is 2.06. The van der Waals surface area contributed by atoms with Gasteiger partial charge in [0.15, 0.2) is 12.2 Å². The number of fused-ring (bicyclic) bond motifs is 1. The van der Waals surface area contributed by atoms with E-state index in [-0.39, 0.29) is 35.8 Å². The van der Waals surface area contributed by atoms with Crippen molar-refractivity contribution in [3.05, 3.63) is 0 Å². The molecule has 5 unspecified atom stereocenters. The molecule has 7 nitrogen and oxygen atoms in total. The van der Waals surface area contributed by atoms with Gasteiger partial charge in [0.25, 0.3) is 3.92 Å². The van der Waals surface area contributed by atoms with Gasteiger partial charge in [-0.25, -0.2) is 0 Å². The Morgan fingerprint density at radius 3 is 2.15 bits per heavy atom. The number of esters is 3. The summed E-state index contributed by atoms with van der Waals surface area (Å²) in [6.07, 6.45) is -1.81. The van der Waals surface area contributed by atoms with Crippen molar-refractivity contribution in [1.82, 2.24) is 0 Å². The molecule has 5 atom stereocenters. The molecule has 0 aromatic carbocycles. The van der Waals surface area contributed by atoms with E-state index in [1.165, 1.54) is 20.8 Å². The lowest BCUT2D eigenvalue weighted by Crippen LogP contribution is -3.50. The first-order valence-electron chi connectivity index (χ1n) is 6.13. The van der Waals surface area contributed by atoms with Crippen LogP contribution >= 0.6 is 0 Å². The molecule has 0 amide bonds. The summed E-state index contributed by atoms with van der Waals surface area (Å²) in [6.45, 7) is 3.87. The summed E-state index contributed by atoms with van der Waals surface area (Å²) in [7, 11) is 0. The van der Waals surface area contributed by atoms with E-state index in [2.05, 4.69) is 0 Å². The maximum Gasteiger partial charge on any atom is 0.324 e. The van der Waals surface area contributed by atoms with Gasteiger partial charge in [-0.1, -0.05) is 0 Å². The number of carbonyl (C=O) groups is 3. The van der Waals surface area contributed by atoms with E-state index >= 15 is 0 Å². The van der Waals surface area contributed by atoms with Crippen molar-refractivity contribution in [3.8, 4) is 0 Å². The van der Waals surface area contributed by atoms with Gasteiger partial charge in [0.2, 0.25) is 0 Å². The van der Waals surface area contributed by atoms with E-state index in [1.807, 2.05) is 0 Å². The third-order valence-corrected chi connectivity index (χ3v) is 5.96. The summed E-state index contributed by atoms with van der Waals surface area (Å²) in [5.74, 6) is -1.34. The monoisotopic (exact) mass is 399 g/mol. The zero-order chi connectivity index (χ0) is 14.9. The summed E-state index contributed by atoms with van der Waals surface area (Å²) in [4.78, 5) is 33.3. The number of ether oxygens (including phenoxy) is 4. The molecule has 2 aliphatic rings. The lowest BCUT2D eigenvalue weighted by atomic mass is 10.0. The van der Waals surface area contributed by atoms with Gasteiger partial charge >= 0.3 is 43.2 Å². The summed E-state index contributed by atoms with van der Waals surface area (Å²) in [5, 5.41) is 0. The largest absolute Gasteiger partial charge is 0.463 e. The average molecular weight is 399 g/mol. The van der Waals surface area contributed by atoms with Gasteiger partial charge in [0.1, 0.15) is 12.7 Å². The van der Waals surface area contributed by atoms with Gasteiger partial charge in [0, 0.05) is 20.8 Å². The number of carbonyl (C=O) groups excluding carboxylic acids is 3. The number of halogens is 1. The molecule has 0 aromatic rings. The normalized spacial score (nSPS) is 34.6. The molecule has 0 N–H and O–H groups in total. The summed E-state index contributed by atoms with van der Waals surface area (Å²) < 4.78 is 21.4. The number of hydrogen-bond donors (Lipinski definition) is 0. The second kappa shape index (κ2) is 6.25. The Kier molecular flexibility index (Phi) is 4.84. The molecule has 2 saturated heterocycles. The van der Waals surface area contributed by atoms with E-state index in [9.17, 15) is 14.4 Å². The van der Waals surface area contributed by atoms with Gasteiger partial charge in [-0.3, -0.25) is 14.4 Å². The third kappa shape index (κ3) is 3.81. The van der Waals surface area contributed by atoms with Gasteiger partial charge in [-0.05, 0) is 0 Å². The second-order valence-electron chi connectivity index (χ2n) is 4.55. The van der Waals surface area contributed by atoms with Crippen LogP contribution in [0.2, 0.25) is 0 Å². The molecule has 2 rings (SSSR count). The number of hydrogen-bond acceptors (Lipinski definition) is 7. The quantitative estimate of drug-likeness (QED) is 0.211. The zero-order valence-electron chi connectivity index (χ0n) is 11.3. The maximum atomic E-state index is 11.2. The van der Waals surface area contributed by atoms with Crippen LogP contribution in [0.4, 0.5) is 0 Å². The van der Waals surface area contributed by atoms with Gasteiger partial charge in [-0.15, -0.1) is 0 Å². The van der Waals surface area contributed by atoms with E-state index in [0.29, 0.717) is 0 Å². The van der Waals surface area contributed by atoms with Crippen molar-refractivity contribution in [2.75, 3.05) is 6.61 Å². The van der Waals surface area contributed by atoms with Crippen molar-refractivity contribution >= 4 is 17.9 Å². The van der Waals surface area contributed by atoms with Crippen LogP contribution in [-0.2, 0) is 33.3 Å². The minimum absolute atomic E-state index is 0.0159. The van der Waals surface area contributed by atoms with E-state index in [4.69, 9.17) is 18.9 Å². The van der Waals surface area contributed by atoms with Gasteiger partial charge in [0.05, 0.1) is 0 Å². The number of rotatable bonds is 4. The fraction of sp³-hybridized carbons (Fsp3) is 0.750. The van der Waals surface area contributed by atoms with Crippen molar-refractivity contribution in [3.63, 3.8) is 0 Å². The average Bonchev–Trinajstić information content (AvgIpc) is 3.07. The van der Waals surface area contributed by atoms with Crippen LogP contribution in [0.5, 0.6) is 0 Å². The standard InChI is InChI=1S/C12H16IO7/c1-5(14)17-4-8-10(18-6(2)15)11(19-7(3)16)9-12(13-9)20-8/h8-12H,4H2,1-3H3/q+1. The zero-order valence-corrected chi connectivity index (χ0v) is 13.5. The van der Waals surface area contributed by atoms with Crippen molar-refractivity contribution in [2.24, 2.45) is 0 Å². The predicted octanol–water partition coefficient (Wildman–Crippen LogP) is -3.39. The van der Waals surface area contributed by atoms with Gasteiger partial charge < -0.3 is 18.9 Å². The third-order valence-electron chi connectivity index (χ3n) is 2.82. The van der Waals surface area contributed by atoms with Gasteiger partial charge in [-0.2, -0.15) is 0 Å². The van der Waals surface area contributed by atoms with Crippen molar-refractivity contribution in [2.45, 2.75) is 47.1 Å². The Bertz CT molecular complexity index is 424. The lowest BCUT2D eigenvalue weighted by Gasteiger charge is -2.32. The molecule has 2 aliphatic heterocycles. The van der Waals surface area contributed by atoms with Crippen molar-refractivity contribution < 1.29 is 54.5 Å². The molecule has 20 heavy (non-hydrogen) atoms. The van der Waals surface area contributed by atoms with Crippen LogP contribution in [0.3, 0.4) is 0 Å². The van der Waals surface area contributed by atoms with E-state index in [1.54, 1.807) is 0 Å². The Morgan fingerprint density at radius 2 is 1.60 bits per heavy atom. The molecule has 2 fully saturated rings. The summed E-state index contributed by atoms with van der Waals surface area (Å²) in [6, 6.07) is 0. The Balaban J connectivity index is 2.09. The first kappa shape index (κ1) is 15.5. The van der Waals surface area contributed by atoms with Crippen molar-refractivity contribution in [1.29, 1.82) is 0 Å². The molecule has 0 saturated carbocycles. The number of alkyl halides is 2. The topological polar surface area (TPSA) is 88.1 Å². The molecule has 2 heterocycles. The Labute approximate surface area is 126 Å². The summed E-state index contributed by atoms with van der Waals surface area (Å²) in [5.41, 5.74) is 0. The van der Waals surface area contributed by atoms with E-state index in [0.717, 1.165) is 0 Å². The molecule has 0 bridgehead atoms. The van der Waals surface area contributed by atoms with Crippen LogP contribution in [0.15, 0.2) is 0 Å². The SMILES string of the molecule is CC(=O)OCC1OC2[I+]C2C(OC(C)=O)C1OC(C)=O. The smallest absolute Gasteiger partial charge is 0.324 e. The maximum absolute atomic E-state index is 11.2. The first-order chi connectivity index (χ1) is 9.38. The molecule has 0 aromatic heterocycles. The van der Waals surface area contributed by atoms with Crippen LogP contribution in [0, 0.1) is 0 Å². The molecular weight excluding hydrogens is 383 g/mol. The first-order valence-corrected chi connectivity index (χ1v) is 8.63. The highest BCUT2D eigenvalue weighted by Crippen LogP contribution is 2.25. The molecule has 0 radical (unpaired) electrons. The molecule has 0 aliphatic carbocycles. The van der Waals surface area contributed by atoms with Crippen LogP contribution in [0.25, 0.3) is 0 Å². The highest BCUT2D eigenvalue weighted by Gasteiger charge is 2.73. The highest BCUT2D eigenvalue weighted by atomic mass is 127. The van der Waals surface area contributed by atoms with E-state index < -0.39 is 36.2 Å². The van der Waals surface area contributed by atoms with Crippen LogP contribution in [0.1, 0.15) is 20.8 Å². The lowest BCUT2D eigenvalue weighted by molar-refractivity contribution is -0.545. The van der Waals surface area contributed by atoms with Crippen LogP contribution < -0.4 is 21.2 Å².